The Kier molecular flexibility index (Phi) is 14.2. The van der Waals surface area contributed by atoms with Crippen molar-refractivity contribution in [2.75, 3.05) is 31.6 Å². The zero-order valence-electron chi connectivity index (χ0n) is 18.2. The summed E-state index contributed by atoms with van der Waals surface area (Å²) in [6, 6.07) is 5.69. The molecule has 0 unspecified atom stereocenters. The van der Waals surface area contributed by atoms with E-state index in [4.69, 9.17) is 30.3 Å². The first kappa shape index (κ1) is 28.3. The standard InChI is InChI=1S/C17H21FN4O2.2C2H4O2/c1-12-11-20-6-4-15(12)21-7-8-22-17(23)14-10-13(18)2-3-16(14)24-9-5-19;2*1-2(3)4/h2-4,6,10-11H,5,7-9,19H2,1H3,(H,20,21)(H,22,23);2*1H3,(H,3,4). The van der Waals surface area contributed by atoms with Crippen molar-refractivity contribution in [1.29, 1.82) is 0 Å². The van der Waals surface area contributed by atoms with E-state index in [0.29, 0.717) is 25.4 Å². The predicted molar refractivity (Wildman–Crippen MR) is 117 cm³/mol. The first-order valence-corrected chi connectivity index (χ1v) is 9.52. The summed E-state index contributed by atoms with van der Waals surface area (Å²) in [6.45, 7) is 5.60. The number of anilines is 1. The van der Waals surface area contributed by atoms with Crippen molar-refractivity contribution in [3.8, 4) is 5.75 Å². The van der Waals surface area contributed by atoms with Crippen LogP contribution in [0.4, 0.5) is 10.1 Å². The number of amides is 1. The summed E-state index contributed by atoms with van der Waals surface area (Å²) in [7, 11) is 0. The van der Waals surface area contributed by atoms with Crippen molar-refractivity contribution in [2.45, 2.75) is 20.8 Å². The number of rotatable bonds is 8. The molecule has 0 radical (unpaired) electrons. The summed E-state index contributed by atoms with van der Waals surface area (Å²) in [6.07, 6.45) is 3.45. The van der Waals surface area contributed by atoms with Gasteiger partial charge < -0.3 is 31.3 Å². The van der Waals surface area contributed by atoms with Gasteiger partial charge in [0.15, 0.2) is 0 Å². The van der Waals surface area contributed by atoms with Crippen molar-refractivity contribution in [3.05, 3.63) is 53.6 Å². The quantitative estimate of drug-likeness (QED) is 0.376. The second kappa shape index (κ2) is 16.0. The number of nitrogens with zero attached hydrogens (tertiary/aromatic N) is 1. The van der Waals surface area contributed by atoms with Gasteiger partial charge in [0.25, 0.3) is 17.8 Å². The van der Waals surface area contributed by atoms with Gasteiger partial charge in [0.1, 0.15) is 18.2 Å². The molecule has 1 heterocycles. The Morgan fingerprint density at radius 2 is 1.75 bits per heavy atom. The number of aliphatic carboxylic acids is 2. The smallest absolute Gasteiger partial charge is 0.300 e. The molecule has 1 aromatic heterocycles. The van der Waals surface area contributed by atoms with Gasteiger partial charge in [-0.1, -0.05) is 0 Å². The SMILES string of the molecule is CC(=O)O.CC(=O)O.Cc1cnccc1NCCNC(=O)c1cc(F)ccc1OCCN. The van der Waals surface area contributed by atoms with Crippen LogP contribution in [0.25, 0.3) is 0 Å². The van der Waals surface area contributed by atoms with Crippen molar-refractivity contribution in [2.24, 2.45) is 5.73 Å². The minimum Gasteiger partial charge on any atom is -0.491 e. The van der Waals surface area contributed by atoms with E-state index in [1.54, 1.807) is 12.4 Å². The Bertz CT molecular complexity index is 859. The largest absolute Gasteiger partial charge is 0.491 e. The van der Waals surface area contributed by atoms with Crippen LogP contribution in [0.1, 0.15) is 29.8 Å². The van der Waals surface area contributed by atoms with E-state index < -0.39 is 23.7 Å². The summed E-state index contributed by atoms with van der Waals surface area (Å²) in [5.74, 6) is -2.24. The minimum atomic E-state index is -0.833. The molecule has 6 N–H and O–H groups in total. The Hall–Kier alpha value is -3.73. The van der Waals surface area contributed by atoms with E-state index in [1.807, 2.05) is 13.0 Å². The number of carboxylic acids is 2. The molecule has 2 aromatic rings. The van der Waals surface area contributed by atoms with Gasteiger partial charge in [0.05, 0.1) is 5.56 Å². The molecule has 0 saturated carbocycles. The number of ether oxygens (including phenoxy) is 1. The summed E-state index contributed by atoms with van der Waals surface area (Å²) in [4.78, 5) is 34.2. The Morgan fingerprint density at radius 1 is 1.12 bits per heavy atom. The molecule has 32 heavy (non-hydrogen) atoms. The topological polar surface area (TPSA) is 164 Å². The summed E-state index contributed by atoms with van der Waals surface area (Å²) >= 11 is 0. The minimum absolute atomic E-state index is 0.156. The Labute approximate surface area is 185 Å². The average Bonchev–Trinajstić information content (AvgIpc) is 2.70. The fourth-order valence-corrected chi connectivity index (χ4v) is 2.11. The summed E-state index contributed by atoms with van der Waals surface area (Å²) < 4.78 is 18.8. The van der Waals surface area contributed by atoms with Crippen LogP contribution in [0, 0.1) is 12.7 Å². The normalized spacial score (nSPS) is 9.28. The van der Waals surface area contributed by atoms with Crippen LogP contribution in [0.3, 0.4) is 0 Å². The first-order valence-electron chi connectivity index (χ1n) is 9.52. The molecule has 0 aliphatic rings. The summed E-state index contributed by atoms with van der Waals surface area (Å²) in [5, 5.41) is 20.8. The van der Waals surface area contributed by atoms with Crippen molar-refractivity contribution in [3.63, 3.8) is 0 Å². The monoisotopic (exact) mass is 452 g/mol. The van der Waals surface area contributed by atoms with Crippen molar-refractivity contribution < 1.29 is 33.7 Å². The Balaban J connectivity index is 0.00000104. The number of aryl methyl sites for hydroxylation is 1. The lowest BCUT2D eigenvalue weighted by Gasteiger charge is -2.12. The predicted octanol–water partition coefficient (Wildman–Crippen LogP) is 1.89. The number of carbonyl (C=O) groups is 3. The zero-order valence-corrected chi connectivity index (χ0v) is 18.2. The molecular weight excluding hydrogens is 423 g/mol. The van der Waals surface area contributed by atoms with Crippen LogP contribution in [0.5, 0.6) is 5.75 Å². The number of aromatic nitrogens is 1. The van der Waals surface area contributed by atoms with Crippen molar-refractivity contribution in [1.82, 2.24) is 10.3 Å². The molecule has 0 atom stereocenters. The van der Waals surface area contributed by atoms with Crippen LogP contribution in [-0.2, 0) is 9.59 Å². The highest BCUT2D eigenvalue weighted by Crippen LogP contribution is 2.19. The number of hydrogen-bond donors (Lipinski definition) is 5. The van der Waals surface area contributed by atoms with E-state index >= 15 is 0 Å². The highest BCUT2D eigenvalue weighted by atomic mass is 19.1. The van der Waals surface area contributed by atoms with Gasteiger partial charge >= 0.3 is 0 Å². The maximum atomic E-state index is 13.4. The average molecular weight is 452 g/mol. The Morgan fingerprint density at radius 3 is 2.31 bits per heavy atom. The van der Waals surface area contributed by atoms with Gasteiger partial charge in [0.2, 0.25) is 0 Å². The number of halogens is 1. The number of pyridine rings is 1. The van der Waals surface area contributed by atoms with Gasteiger partial charge in [-0.15, -0.1) is 0 Å². The number of carbonyl (C=O) groups excluding carboxylic acids is 1. The molecule has 0 saturated heterocycles. The number of benzene rings is 1. The third-order valence-electron chi connectivity index (χ3n) is 3.31. The fourth-order valence-electron chi connectivity index (χ4n) is 2.11. The number of nitrogens with one attached hydrogen (secondary N) is 2. The van der Waals surface area contributed by atoms with Crippen LogP contribution in [0.2, 0.25) is 0 Å². The third-order valence-corrected chi connectivity index (χ3v) is 3.31. The molecule has 0 bridgehead atoms. The molecule has 0 aliphatic heterocycles. The van der Waals surface area contributed by atoms with Gasteiger partial charge in [0, 0.05) is 51.6 Å². The second-order valence-electron chi connectivity index (χ2n) is 6.19. The lowest BCUT2D eigenvalue weighted by molar-refractivity contribution is -0.135. The van der Waals surface area contributed by atoms with E-state index in [9.17, 15) is 9.18 Å². The zero-order chi connectivity index (χ0) is 24.5. The second-order valence-corrected chi connectivity index (χ2v) is 6.19. The van der Waals surface area contributed by atoms with Crippen molar-refractivity contribution >= 4 is 23.5 Å². The molecule has 176 valence electrons. The highest BCUT2D eigenvalue weighted by molar-refractivity contribution is 5.96. The molecule has 0 fully saturated rings. The number of carboxylic acid groups (broad SMARTS) is 2. The van der Waals surface area contributed by atoms with Gasteiger partial charge in [-0.3, -0.25) is 19.4 Å². The number of nitrogens with two attached hydrogens (primary N) is 1. The van der Waals surface area contributed by atoms with E-state index in [1.165, 1.54) is 12.1 Å². The van der Waals surface area contributed by atoms with Crippen LogP contribution >= 0.6 is 0 Å². The third kappa shape index (κ3) is 13.5. The van der Waals surface area contributed by atoms with Crippen LogP contribution < -0.4 is 21.1 Å². The molecular formula is C21H29FN4O6. The fraction of sp³-hybridized carbons (Fsp3) is 0.333. The van der Waals surface area contributed by atoms with E-state index in [0.717, 1.165) is 31.2 Å². The summed E-state index contributed by atoms with van der Waals surface area (Å²) in [5.41, 5.74) is 7.52. The lowest BCUT2D eigenvalue weighted by Crippen LogP contribution is -2.29. The number of hydrogen-bond acceptors (Lipinski definition) is 7. The first-order chi connectivity index (χ1) is 15.1. The molecule has 0 spiro atoms. The van der Waals surface area contributed by atoms with Crippen LogP contribution in [0.15, 0.2) is 36.7 Å². The molecule has 11 heteroatoms. The lowest BCUT2D eigenvalue weighted by atomic mass is 10.2. The van der Waals surface area contributed by atoms with Crippen LogP contribution in [-0.4, -0.2) is 59.3 Å². The van der Waals surface area contributed by atoms with Gasteiger partial charge in [-0.25, -0.2) is 4.39 Å². The molecule has 0 aliphatic carbocycles. The molecule has 2 rings (SSSR count). The maximum absolute atomic E-state index is 13.4. The highest BCUT2D eigenvalue weighted by Gasteiger charge is 2.13. The van der Waals surface area contributed by atoms with E-state index in [-0.39, 0.29) is 12.2 Å². The van der Waals surface area contributed by atoms with E-state index in [2.05, 4.69) is 15.6 Å². The molecule has 1 aromatic carbocycles. The van der Waals surface area contributed by atoms with Gasteiger partial charge in [-0.05, 0) is 36.8 Å². The maximum Gasteiger partial charge on any atom is 0.300 e. The molecule has 1 amide bonds. The van der Waals surface area contributed by atoms with Gasteiger partial charge in [-0.2, -0.15) is 0 Å². The molecule has 10 nitrogen and oxygen atoms in total.